The number of aliphatic hydroxyl groups is 1. The van der Waals surface area contributed by atoms with Crippen LogP contribution in [-0.2, 0) is 9.53 Å². The fourth-order valence-electron chi connectivity index (χ4n) is 6.72. The van der Waals surface area contributed by atoms with Crippen LogP contribution >= 0.6 is 0 Å². The van der Waals surface area contributed by atoms with Crippen molar-refractivity contribution in [1.82, 2.24) is 0 Å². The van der Waals surface area contributed by atoms with Gasteiger partial charge in [0.25, 0.3) is 0 Å². The number of allylic oxidation sites excluding steroid dienone is 1. The molecule has 0 spiro atoms. The summed E-state index contributed by atoms with van der Waals surface area (Å²) >= 11 is 0. The van der Waals surface area contributed by atoms with Gasteiger partial charge in [-0.05, 0) is 63.2 Å². The Hall–Kier alpha value is -0.830. The minimum atomic E-state index is -0.383. The van der Waals surface area contributed by atoms with E-state index >= 15 is 0 Å². The van der Waals surface area contributed by atoms with E-state index < -0.39 is 0 Å². The molecule has 7 atom stereocenters. The number of carbonyl (C=O) groups is 1. The van der Waals surface area contributed by atoms with E-state index in [-0.39, 0.29) is 45.8 Å². The van der Waals surface area contributed by atoms with Crippen molar-refractivity contribution in [3.63, 3.8) is 0 Å². The number of rotatable bonds is 1. The summed E-state index contributed by atoms with van der Waals surface area (Å²) in [5.41, 5.74) is -0.739. The molecule has 3 heteroatoms. The van der Waals surface area contributed by atoms with Crippen LogP contribution in [0, 0.1) is 28.1 Å². The number of aliphatic hydroxyl groups excluding tert-OH is 1. The Kier molecular flexibility index (Phi) is 3.01. The van der Waals surface area contributed by atoms with E-state index in [2.05, 4.69) is 33.4 Å². The van der Waals surface area contributed by atoms with Gasteiger partial charge in [-0.15, -0.1) is 6.58 Å². The van der Waals surface area contributed by atoms with Crippen molar-refractivity contribution in [3.05, 3.63) is 12.7 Å². The Morgan fingerprint density at radius 3 is 2.65 bits per heavy atom. The number of ether oxygens (including phenoxy) is 1. The second-order valence-corrected chi connectivity index (χ2v) is 9.49. The van der Waals surface area contributed by atoms with Crippen LogP contribution in [0.4, 0.5) is 0 Å². The molecule has 3 aliphatic carbocycles. The molecule has 1 aliphatic heterocycles. The molecule has 1 N–H and O–H groups in total. The highest BCUT2D eigenvalue weighted by molar-refractivity contribution is 5.81. The third-order valence-corrected chi connectivity index (χ3v) is 8.44. The molecule has 2 bridgehead atoms. The third-order valence-electron chi connectivity index (χ3n) is 8.44. The molecule has 23 heavy (non-hydrogen) atoms. The van der Waals surface area contributed by atoms with Gasteiger partial charge in [-0.25, -0.2) is 0 Å². The van der Waals surface area contributed by atoms with Gasteiger partial charge >= 0.3 is 5.97 Å². The highest BCUT2D eigenvalue weighted by Crippen LogP contribution is 2.71. The van der Waals surface area contributed by atoms with Gasteiger partial charge in [-0.3, -0.25) is 4.79 Å². The van der Waals surface area contributed by atoms with Crippen LogP contribution in [0.25, 0.3) is 0 Å². The molecule has 0 aromatic heterocycles. The van der Waals surface area contributed by atoms with Crippen molar-refractivity contribution in [3.8, 4) is 0 Å². The van der Waals surface area contributed by atoms with Gasteiger partial charge in [0.05, 0.1) is 11.5 Å². The molecule has 3 saturated carbocycles. The zero-order valence-corrected chi connectivity index (χ0v) is 14.7. The SMILES string of the molecule is C=C[C@]1(C)CC[C@]2(C)[C@@H](C1)[C@@H](O)C[C@H]1[C@]3(C)CCC[C@@]12OC3=O. The van der Waals surface area contributed by atoms with Gasteiger partial charge in [0.15, 0.2) is 0 Å². The van der Waals surface area contributed by atoms with Crippen molar-refractivity contribution in [2.75, 3.05) is 0 Å². The molecule has 0 radical (unpaired) electrons. The average Bonchev–Trinajstić information content (AvgIpc) is 2.64. The molecule has 3 nitrogen and oxygen atoms in total. The standard InChI is InChI=1S/C20H30O3/c1-5-17(2)9-10-19(4)13(12-17)14(21)11-15-18(3)7-6-8-20(15,19)23-16(18)22/h5,13-15,21H,1,6-12H2,2-4H3/t13-,14-,15-,17+,18-,19+,20+/m0/s1. The predicted octanol–water partition coefficient (Wildman–Crippen LogP) is 3.85. The Balaban J connectivity index is 1.81. The minimum absolute atomic E-state index is 0.00821. The monoisotopic (exact) mass is 318 g/mol. The second-order valence-electron chi connectivity index (χ2n) is 9.49. The molecule has 0 amide bonds. The lowest BCUT2D eigenvalue weighted by Gasteiger charge is -2.63. The van der Waals surface area contributed by atoms with Crippen molar-refractivity contribution in [1.29, 1.82) is 0 Å². The summed E-state index contributed by atoms with van der Waals surface area (Å²) in [6.07, 6.45) is 8.44. The zero-order valence-electron chi connectivity index (χ0n) is 14.7. The molecule has 0 aromatic carbocycles. The van der Waals surface area contributed by atoms with Gasteiger partial charge < -0.3 is 9.84 Å². The molecular weight excluding hydrogens is 288 g/mol. The summed E-state index contributed by atoms with van der Waals surface area (Å²) in [5.74, 6) is 0.371. The number of hydrogen-bond acceptors (Lipinski definition) is 3. The number of carbonyl (C=O) groups excluding carboxylic acids is 1. The number of hydrogen-bond donors (Lipinski definition) is 1. The Morgan fingerprint density at radius 1 is 1.22 bits per heavy atom. The Labute approximate surface area is 139 Å². The van der Waals surface area contributed by atoms with E-state index in [4.69, 9.17) is 4.74 Å². The van der Waals surface area contributed by atoms with Crippen LogP contribution in [0.5, 0.6) is 0 Å². The maximum atomic E-state index is 12.7. The van der Waals surface area contributed by atoms with Gasteiger partial charge in [0.2, 0.25) is 0 Å². The molecule has 128 valence electrons. The van der Waals surface area contributed by atoms with Crippen LogP contribution in [0.3, 0.4) is 0 Å². The van der Waals surface area contributed by atoms with Gasteiger partial charge in [0, 0.05) is 11.3 Å². The van der Waals surface area contributed by atoms with Crippen LogP contribution in [-0.4, -0.2) is 22.8 Å². The lowest BCUT2D eigenvalue weighted by atomic mass is 9.42. The topological polar surface area (TPSA) is 46.5 Å². The van der Waals surface area contributed by atoms with E-state index in [0.717, 1.165) is 44.9 Å². The second kappa shape index (κ2) is 4.41. The largest absolute Gasteiger partial charge is 0.458 e. The Morgan fingerprint density at radius 2 is 1.96 bits per heavy atom. The Bertz CT molecular complexity index is 571. The van der Waals surface area contributed by atoms with Crippen molar-refractivity contribution in [2.24, 2.45) is 28.1 Å². The summed E-state index contributed by atoms with van der Waals surface area (Å²) in [6.45, 7) is 10.6. The van der Waals surface area contributed by atoms with E-state index in [1.165, 1.54) is 0 Å². The fourth-order valence-corrected chi connectivity index (χ4v) is 6.72. The lowest BCUT2D eigenvalue weighted by Crippen LogP contribution is -2.66. The average molecular weight is 318 g/mol. The minimum Gasteiger partial charge on any atom is -0.458 e. The molecule has 4 fully saturated rings. The highest BCUT2D eigenvalue weighted by Gasteiger charge is 2.75. The van der Waals surface area contributed by atoms with Crippen molar-refractivity contribution >= 4 is 5.97 Å². The third kappa shape index (κ3) is 1.67. The van der Waals surface area contributed by atoms with Crippen LogP contribution in [0.15, 0.2) is 12.7 Å². The summed E-state index contributed by atoms with van der Waals surface area (Å²) < 4.78 is 6.23. The quantitative estimate of drug-likeness (QED) is 0.590. The first-order chi connectivity index (χ1) is 10.7. The maximum absolute atomic E-state index is 12.7. The lowest BCUT2D eigenvalue weighted by molar-refractivity contribution is -0.228. The fraction of sp³-hybridized carbons (Fsp3) is 0.850. The maximum Gasteiger partial charge on any atom is 0.312 e. The van der Waals surface area contributed by atoms with Crippen molar-refractivity contribution < 1.29 is 14.6 Å². The molecule has 1 heterocycles. The first-order valence-electron chi connectivity index (χ1n) is 9.26. The summed E-state index contributed by atoms with van der Waals surface area (Å²) in [6, 6.07) is 0. The molecule has 0 aromatic rings. The predicted molar refractivity (Wildman–Crippen MR) is 88.6 cm³/mol. The normalized spacial score (nSPS) is 58.1. The first kappa shape index (κ1) is 15.7. The zero-order chi connectivity index (χ0) is 16.7. The smallest absolute Gasteiger partial charge is 0.312 e. The van der Waals surface area contributed by atoms with Gasteiger partial charge in [-0.1, -0.05) is 19.9 Å². The van der Waals surface area contributed by atoms with Crippen LogP contribution < -0.4 is 0 Å². The van der Waals surface area contributed by atoms with Gasteiger partial charge in [-0.2, -0.15) is 0 Å². The molecule has 4 aliphatic rings. The molecule has 0 unspecified atom stereocenters. The van der Waals surface area contributed by atoms with E-state index in [0.29, 0.717) is 0 Å². The van der Waals surface area contributed by atoms with E-state index in [9.17, 15) is 9.90 Å². The molecule has 1 saturated heterocycles. The summed E-state index contributed by atoms with van der Waals surface area (Å²) in [5, 5.41) is 11.0. The van der Waals surface area contributed by atoms with Gasteiger partial charge in [0.1, 0.15) is 5.60 Å². The molecule has 4 rings (SSSR count). The van der Waals surface area contributed by atoms with Crippen LogP contribution in [0.1, 0.15) is 65.7 Å². The summed E-state index contributed by atoms with van der Waals surface area (Å²) in [7, 11) is 0. The van der Waals surface area contributed by atoms with E-state index in [1.54, 1.807) is 0 Å². The first-order valence-corrected chi connectivity index (χ1v) is 9.26. The number of esters is 1. The summed E-state index contributed by atoms with van der Waals surface area (Å²) in [4.78, 5) is 12.7. The molecular formula is C20H30O3. The van der Waals surface area contributed by atoms with Crippen molar-refractivity contribution in [2.45, 2.75) is 77.4 Å². The van der Waals surface area contributed by atoms with E-state index in [1.807, 2.05) is 0 Å². The number of fused-ring (bicyclic) bond motifs is 1. The van der Waals surface area contributed by atoms with Crippen LogP contribution in [0.2, 0.25) is 0 Å². The highest BCUT2D eigenvalue weighted by atomic mass is 16.6.